The van der Waals surface area contributed by atoms with Gasteiger partial charge in [0.05, 0.1) is 52.4 Å². The highest BCUT2D eigenvalue weighted by Gasteiger charge is 2.67. The van der Waals surface area contributed by atoms with E-state index in [1.165, 1.54) is 25.2 Å². The van der Waals surface area contributed by atoms with E-state index in [1.54, 1.807) is 0 Å². The summed E-state index contributed by atoms with van der Waals surface area (Å²) in [7, 11) is -7.87. The van der Waals surface area contributed by atoms with Gasteiger partial charge in [-0.2, -0.15) is 28.3 Å². The number of nitrogens with zero attached hydrogens (tertiary/aromatic N) is 11. The van der Waals surface area contributed by atoms with Gasteiger partial charge in [0, 0.05) is 62.3 Å². The number of pyridine rings is 2. The van der Waals surface area contributed by atoms with E-state index in [-0.39, 0.29) is 49.3 Å². The summed E-state index contributed by atoms with van der Waals surface area (Å²) in [5, 5.41) is 19.0. The van der Waals surface area contributed by atoms with Crippen molar-refractivity contribution in [2.24, 2.45) is 13.0 Å². The topological polar surface area (TPSA) is 326 Å². The third-order valence-electron chi connectivity index (χ3n) is 13.7. The van der Waals surface area contributed by atoms with Crippen molar-refractivity contribution in [1.29, 1.82) is 0 Å². The second kappa shape index (κ2) is 23.7. The van der Waals surface area contributed by atoms with Crippen LogP contribution in [-0.2, 0) is 65.9 Å². The quantitative estimate of drug-likeness (QED) is 0.0302. The predicted octanol–water partition coefficient (Wildman–Crippen LogP) is 6.97. The number of carbonyl (C=O) groups excluding carboxylic acids is 3. The number of nitrogens with one attached hydrogen (secondary N) is 1. The van der Waals surface area contributed by atoms with Crippen molar-refractivity contribution in [2.45, 2.75) is 69.5 Å². The zero-order chi connectivity index (χ0) is 63.6. The van der Waals surface area contributed by atoms with Crippen molar-refractivity contribution in [3.8, 4) is 11.6 Å². The molecule has 1 fully saturated rings. The van der Waals surface area contributed by atoms with E-state index in [4.69, 9.17) is 26.1 Å². The number of phosphoric acid groups is 1. The molecule has 3 atom stereocenters. The average molecular weight is 1290 g/mol. The molecule has 1 saturated carbocycles. The number of anilines is 2. The molecule has 37 heteroatoms. The van der Waals surface area contributed by atoms with Crippen molar-refractivity contribution in [3.05, 3.63) is 122 Å². The maximum Gasteiger partial charge on any atom is 0.472 e. The number of aromatic nitrogens is 8. The first-order valence-electron chi connectivity index (χ1n) is 25.3. The van der Waals surface area contributed by atoms with Gasteiger partial charge in [0.25, 0.3) is 17.9 Å². The predicted molar refractivity (Wildman–Crippen MR) is 286 cm³/mol. The van der Waals surface area contributed by atoms with E-state index in [2.05, 4.69) is 39.7 Å². The van der Waals surface area contributed by atoms with E-state index in [9.17, 15) is 54.8 Å². The fraction of sp³-hybridized carbons (Fsp3) is 0.360. The maximum atomic E-state index is 15.8. The number of halogens is 9. The largest absolute Gasteiger partial charge is 0.480 e. The SMILES string of the molecule is CN(C(=O)N(c1nn(C)c2c(-n3c([C@H](Cc4cc(F)cc(F)c4)NC(=O)Cn4nc(C(F)F)c5c4C(F)(F)[C@@H]4C[C@H]54)nc4nc(OCCC(C)(F)F)ccc4c3=O)ccc(Cl)c12)S(C)(=O)=O)c1ncccc1CN(CC(=O)O)C(=O)OCOP(=O)(O)O. The smallest absolute Gasteiger partial charge is 0.472 e. The van der Waals surface area contributed by atoms with E-state index >= 15 is 22.4 Å². The number of fused-ring (bicyclic) bond motifs is 5. The van der Waals surface area contributed by atoms with Crippen LogP contribution in [0.4, 0.5) is 56.3 Å². The molecule has 5 heterocycles. The highest BCUT2D eigenvalue weighted by Crippen LogP contribution is 2.68. The number of alkyl halides is 6. The van der Waals surface area contributed by atoms with E-state index in [1.807, 2.05) is 0 Å². The molecule has 9 rings (SSSR count). The van der Waals surface area contributed by atoms with Crippen LogP contribution >= 0.6 is 19.4 Å². The molecule has 4 N–H and O–H groups in total. The van der Waals surface area contributed by atoms with Gasteiger partial charge < -0.3 is 29.7 Å². The van der Waals surface area contributed by atoms with E-state index in [0.717, 1.165) is 52.8 Å². The van der Waals surface area contributed by atoms with Crippen LogP contribution in [0.15, 0.2) is 65.6 Å². The van der Waals surface area contributed by atoms with Crippen LogP contribution in [0.1, 0.15) is 72.1 Å². The second-order valence-corrected chi connectivity index (χ2v) is 23.5. The fourth-order valence-corrected chi connectivity index (χ4v) is 11.3. The van der Waals surface area contributed by atoms with Crippen molar-refractivity contribution in [3.63, 3.8) is 0 Å². The van der Waals surface area contributed by atoms with Crippen molar-refractivity contribution in [1.82, 2.24) is 49.3 Å². The van der Waals surface area contributed by atoms with Gasteiger partial charge in [0.1, 0.15) is 47.8 Å². The molecule has 7 aromatic rings. The lowest BCUT2D eigenvalue weighted by molar-refractivity contribution is -0.138. The summed E-state index contributed by atoms with van der Waals surface area (Å²) < 4.78 is 174. The summed E-state index contributed by atoms with van der Waals surface area (Å²) in [6.45, 7) is -4.37. The number of aryl methyl sites for hydroxylation is 1. The van der Waals surface area contributed by atoms with Crippen LogP contribution in [0.5, 0.6) is 5.88 Å². The van der Waals surface area contributed by atoms with Crippen LogP contribution in [0.3, 0.4) is 0 Å². The van der Waals surface area contributed by atoms with Gasteiger partial charge >= 0.3 is 25.9 Å². The van der Waals surface area contributed by atoms with Gasteiger partial charge in [-0.05, 0) is 61.2 Å². The van der Waals surface area contributed by atoms with Crippen LogP contribution in [0, 0.1) is 17.6 Å². The Labute approximate surface area is 489 Å². The molecule has 4 amide bonds. The lowest BCUT2D eigenvalue weighted by Gasteiger charge is -2.27. The highest BCUT2D eigenvalue weighted by molar-refractivity contribution is 7.92. The Bertz CT molecular complexity index is 4150. The minimum absolute atomic E-state index is 0.118. The minimum Gasteiger partial charge on any atom is -0.480 e. The Morgan fingerprint density at radius 1 is 1.02 bits per heavy atom. The molecule has 0 bridgehead atoms. The van der Waals surface area contributed by atoms with Gasteiger partial charge in [-0.25, -0.2) is 63.4 Å². The molecule has 0 aliphatic heterocycles. The number of aliphatic carboxylic acids is 1. The molecule has 464 valence electrons. The lowest BCUT2D eigenvalue weighted by atomic mass is 10.0. The molecular weight excluding hydrogens is 1240 g/mol. The molecule has 0 radical (unpaired) electrons. The molecule has 2 aliphatic carbocycles. The van der Waals surface area contributed by atoms with Gasteiger partial charge in [0.15, 0.2) is 11.5 Å². The summed E-state index contributed by atoms with van der Waals surface area (Å²) in [5.41, 5.74) is -5.02. The number of urea groups is 1. The van der Waals surface area contributed by atoms with Crippen LogP contribution in [-0.4, -0.2) is 130 Å². The summed E-state index contributed by atoms with van der Waals surface area (Å²) in [5.74, 6) is -16.5. The van der Waals surface area contributed by atoms with Gasteiger partial charge in [-0.3, -0.25) is 38.1 Å². The first-order valence-corrected chi connectivity index (χ1v) is 29.1. The molecule has 2 aromatic carbocycles. The summed E-state index contributed by atoms with van der Waals surface area (Å²) in [6.07, 6.45) is -4.77. The molecular formula is C50H46ClF8N12O14PS. The Balaban J connectivity index is 1.19. The van der Waals surface area contributed by atoms with Crippen LogP contribution < -0.4 is 24.8 Å². The number of hydrogen-bond acceptors (Lipinski definition) is 16. The Hall–Kier alpha value is -8.37. The highest BCUT2D eigenvalue weighted by atomic mass is 35.5. The number of amides is 4. The zero-order valence-corrected chi connectivity index (χ0v) is 47.7. The number of ether oxygens (including phenoxy) is 2. The number of hydrogen-bond donors (Lipinski definition) is 4. The van der Waals surface area contributed by atoms with Crippen LogP contribution in [0.2, 0.25) is 5.02 Å². The molecule has 0 saturated heterocycles. The molecule has 5 aromatic heterocycles. The Morgan fingerprint density at radius 3 is 2.37 bits per heavy atom. The molecule has 26 nitrogen and oxygen atoms in total. The lowest BCUT2D eigenvalue weighted by Crippen LogP contribution is -2.46. The van der Waals surface area contributed by atoms with Gasteiger partial charge in [-0.15, -0.1) is 0 Å². The Kier molecular flexibility index (Phi) is 17.2. The molecule has 0 spiro atoms. The van der Waals surface area contributed by atoms with Crippen molar-refractivity contribution in [2.75, 3.05) is 42.5 Å². The fourth-order valence-electron chi connectivity index (χ4n) is 10.00. The molecule has 2 aliphatic rings. The summed E-state index contributed by atoms with van der Waals surface area (Å²) in [6, 6.07) is 5.84. The minimum atomic E-state index is -5.17. The monoisotopic (exact) mass is 1290 g/mol. The number of carboxylic acid groups (broad SMARTS) is 1. The molecule has 0 unspecified atom stereocenters. The third-order valence-corrected chi connectivity index (χ3v) is 15.4. The van der Waals surface area contributed by atoms with E-state index in [0.29, 0.717) is 33.7 Å². The number of benzene rings is 2. The first kappa shape index (κ1) is 63.1. The van der Waals surface area contributed by atoms with E-state index < -0.39 is 187 Å². The maximum absolute atomic E-state index is 15.8. The van der Waals surface area contributed by atoms with Crippen LogP contribution in [0.25, 0.3) is 27.6 Å². The Morgan fingerprint density at radius 2 is 1.72 bits per heavy atom. The number of carboxylic acids is 1. The number of carbonyl (C=O) groups is 4. The standard InChI is InChI=1S/C50H46ClF8N12O14PS/c1-49(56,57)11-13-83-34-10-7-27-42(62-34)63-44(31(16-23-14-25(52)17-26(53)15-23)61-33(72)20-69-40-36(38(64-69)41(54)55)28-18-29(28)50(40,58)59)70(46(27)75)32-9-8-30(51)37-39(32)67(3)65-45(37)71(87(4,81)82)47(76)66(2)43-24(6-5-12-60-43)19-68(21-35(73)74)48(77)84-22-85-86(78,79)80/h5-10,12,14-15,17,28-29,31,41H,11,13,16,18-22H2,1-4H3,(H,61,72)(H,73,74)(H2,78,79,80)/t28-,29+,31-/m0/s1. The van der Waals surface area contributed by atoms with Crippen molar-refractivity contribution >= 4 is 87.0 Å². The third kappa shape index (κ3) is 13.3. The van der Waals surface area contributed by atoms with Crippen molar-refractivity contribution < 1.29 is 96.2 Å². The number of phosphoric ester groups is 1. The molecule has 87 heavy (non-hydrogen) atoms. The normalized spacial score (nSPS) is 15.7. The average Bonchev–Trinajstić information content (AvgIpc) is 1.54. The van der Waals surface area contributed by atoms with Gasteiger partial charge in [0.2, 0.25) is 34.5 Å². The van der Waals surface area contributed by atoms with Gasteiger partial charge in [-0.1, -0.05) is 17.7 Å². The second-order valence-electron chi connectivity index (χ2n) is 20.1. The number of rotatable bonds is 22. The first-order chi connectivity index (χ1) is 40.6. The zero-order valence-electron chi connectivity index (χ0n) is 45.2. The number of sulfonamides is 1. The summed E-state index contributed by atoms with van der Waals surface area (Å²) in [4.78, 5) is 102. The summed E-state index contributed by atoms with van der Waals surface area (Å²) >= 11 is 6.87.